The Morgan fingerprint density at radius 3 is 2.67 bits per heavy atom. The molecule has 0 aromatic carbocycles. The maximum Gasteiger partial charge on any atom is 0.435 e. The van der Waals surface area contributed by atoms with Gasteiger partial charge in [-0.1, -0.05) is 0 Å². The molecule has 0 saturated carbocycles. The van der Waals surface area contributed by atoms with Gasteiger partial charge in [0.1, 0.15) is 6.61 Å². The second-order valence-corrected chi connectivity index (χ2v) is 2.02. The summed E-state index contributed by atoms with van der Waals surface area (Å²) in [6.45, 7) is 1.94. The highest BCUT2D eigenvalue weighted by Gasteiger charge is 2.33. The summed E-state index contributed by atoms with van der Waals surface area (Å²) in [7, 11) is 0. The average molecular weight is 180 g/mol. The molecule has 0 amide bonds. The summed E-state index contributed by atoms with van der Waals surface area (Å²) in [6.07, 6.45) is -3.28. The van der Waals surface area contributed by atoms with Gasteiger partial charge in [-0.15, -0.1) is 9.94 Å². The van der Waals surface area contributed by atoms with Crippen molar-refractivity contribution < 1.29 is 18.0 Å². The van der Waals surface area contributed by atoms with Crippen LogP contribution in [0, 0.1) is 0 Å². The molecule has 0 saturated heterocycles. The summed E-state index contributed by atoms with van der Waals surface area (Å²) >= 11 is 0. The summed E-state index contributed by atoms with van der Waals surface area (Å²) < 4.78 is 35.7. The Balaban J connectivity index is 2.77. The zero-order valence-corrected chi connectivity index (χ0v) is 6.30. The highest BCUT2D eigenvalue weighted by atomic mass is 19.4. The fourth-order valence-corrected chi connectivity index (χ4v) is 0.663. The Labute approximate surface area is 66.7 Å². The van der Waals surface area contributed by atoms with Gasteiger partial charge in [0, 0.05) is 0 Å². The molecule has 0 aliphatic carbocycles. The van der Waals surface area contributed by atoms with Crippen molar-refractivity contribution in [2.75, 3.05) is 6.61 Å². The lowest BCUT2D eigenvalue weighted by Gasteiger charge is -2.01. The van der Waals surface area contributed by atoms with Crippen LogP contribution in [0.3, 0.4) is 0 Å². The second-order valence-electron chi connectivity index (χ2n) is 2.02. The topological polar surface area (TPSA) is 27.1 Å². The highest BCUT2D eigenvalue weighted by Crippen LogP contribution is 2.26. The van der Waals surface area contributed by atoms with Crippen LogP contribution in [0.15, 0.2) is 12.3 Å². The number of alkyl halides is 3. The molecule has 0 bridgehead atoms. The van der Waals surface area contributed by atoms with E-state index in [0.717, 1.165) is 17.1 Å². The van der Waals surface area contributed by atoms with E-state index in [2.05, 4.69) is 9.94 Å². The third kappa shape index (κ3) is 1.90. The minimum Gasteiger partial charge on any atom is -0.397 e. The molecular formula is C6H7F3N2O. The van der Waals surface area contributed by atoms with Crippen molar-refractivity contribution in [3.05, 3.63) is 18.0 Å². The van der Waals surface area contributed by atoms with Crippen LogP contribution in [0.4, 0.5) is 13.2 Å². The van der Waals surface area contributed by atoms with Crippen LogP contribution in [-0.2, 0) is 6.18 Å². The molecule has 0 aliphatic heterocycles. The lowest BCUT2D eigenvalue weighted by atomic mass is 10.4. The van der Waals surface area contributed by atoms with E-state index in [4.69, 9.17) is 0 Å². The molecular weight excluding hydrogens is 173 g/mol. The molecule has 0 atom stereocenters. The van der Waals surface area contributed by atoms with Gasteiger partial charge in [-0.3, -0.25) is 0 Å². The van der Waals surface area contributed by atoms with Crippen LogP contribution in [-0.4, -0.2) is 16.6 Å². The minimum atomic E-state index is -4.40. The van der Waals surface area contributed by atoms with Crippen LogP contribution >= 0.6 is 0 Å². The monoisotopic (exact) mass is 180 g/mol. The van der Waals surface area contributed by atoms with Gasteiger partial charge < -0.3 is 4.84 Å². The third-order valence-corrected chi connectivity index (χ3v) is 1.12. The lowest BCUT2D eigenvalue weighted by Crippen LogP contribution is -2.13. The maximum absolute atomic E-state index is 11.9. The van der Waals surface area contributed by atoms with Gasteiger partial charge in [-0.25, -0.2) is 0 Å². The van der Waals surface area contributed by atoms with Crippen molar-refractivity contribution in [1.82, 2.24) is 9.94 Å². The summed E-state index contributed by atoms with van der Waals surface area (Å²) in [4.78, 5) is 5.48. The summed E-state index contributed by atoms with van der Waals surface area (Å²) in [5.41, 5.74) is -0.948. The fraction of sp³-hybridized carbons (Fsp3) is 0.500. The van der Waals surface area contributed by atoms with Gasteiger partial charge in [0.05, 0.1) is 6.20 Å². The number of hydrogen-bond acceptors (Lipinski definition) is 2. The Morgan fingerprint density at radius 2 is 2.25 bits per heavy atom. The van der Waals surface area contributed by atoms with Crippen molar-refractivity contribution in [3.8, 4) is 0 Å². The van der Waals surface area contributed by atoms with Crippen LogP contribution in [0.25, 0.3) is 0 Å². The molecule has 12 heavy (non-hydrogen) atoms. The smallest absolute Gasteiger partial charge is 0.397 e. The van der Waals surface area contributed by atoms with Gasteiger partial charge in [0.25, 0.3) is 0 Å². The van der Waals surface area contributed by atoms with E-state index in [1.54, 1.807) is 6.92 Å². The predicted octanol–water partition coefficient (Wildman–Crippen LogP) is 1.35. The van der Waals surface area contributed by atoms with Gasteiger partial charge in [0.2, 0.25) is 0 Å². The predicted molar refractivity (Wildman–Crippen MR) is 34.4 cm³/mol. The molecule has 3 nitrogen and oxygen atoms in total. The Bertz CT molecular complexity index is 256. The first-order chi connectivity index (χ1) is 5.54. The van der Waals surface area contributed by atoms with Crippen molar-refractivity contribution in [1.29, 1.82) is 0 Å². The van der Waals surface area contributed by atoms with Crippen LogP contribution in [0.5, 0.6) is 0 Å². The van der Waals surface area contributed by atoms with Gasteiger partial charge in [0.15, 0.2) is 5.69 Å². The standard InChI is InChI=1S/C6H7F3N2O/c1-2-12-11-4-3-5(10-11)6(7,8)9/h3-4H,2H2,1H3. The first-order valence-corrected chi connectivity index (χ1v) is 3.30. The quantitative estimate of drug-likeness (QED) is 0.686. The number of rotatable bonds is 2. The van der Waals surface area contributed by atoms with Crippen molar-refractivity contribution >= 4 is 0 Å². The van der Waals surface area contributed by atoms with Crippen molar-refractivity contribution in [2.24, 2.45) is 0 Å². The summed E-state index contributed by atoms with van der Waals surface area (Å²) in [5.74, 6) is 0. The van der Waals surface area contributed by atoms with E-state index in [1.165, 1.54) is 0 Å². The SMILES string of the molecule is CCOn1ccc(C(F)(F)F)n1. The van der Waals surface area contributed by atoms with E-state index in [0.29, 0.717) is 0 Å². The van der Waals surface area contributed by atoms with E-state index in [-0.39, 0.29) is 6.61 Å². The number of halogens is 3. The Morgan fingerprint density at radius 1 is 1.58 bits per heavy atom. The van der Waals surface area contributed by atoms with Crippen molar-refractivity contribution in [2.45, 2.75) is 13.1 Å². The molecule has 0 N–H and O–H groups in total. The van der Waals surface area contributed by atoms with E-state index < -0.39 is 11.9 Å². The average Bonchev–Trinajstić information content (AvgIpc) is 2.35. The molecule has 6 heteroatoms. The van der Waals surface area contributed by atoms with Crippen LogP contribution in [0.2, 0.25) is 0 Å². The molecule has 0 aliphatic rings. The molecule has 1 aromatic heterocycles. The van der Waals surface area contributed by atoms with E-state index >= 15 is 0 Å². The molecule has 0 unspecified atom stereocenters. The molecule has 68 valence electrons. The number of hydrogen-bond donors (Lipinski definition) is 0. The molecule has 1 heterocycles. The van der Waals surface area contributed by atoms with Crippen molar-refractivity contribution in [3.63, 3.8) is 0 Å². The van der Waals surface area contributed by atoms with E-state index in [9.17, 15) is 13.2 Å². The molecule has 0 radical (unpaired) electrons. The molecule has 1 aromatic rings. The zero-order chi connectivity index (χ0) is 9.19. The largest absolute Gasteiger partial charge is 0.435 e. The van der Waals surface area contributed by atoms with Gasteiger partial charge in [-0.2, -0.15) is 13.2 Å². The molecule has 0 fully saturated rings. The molecule has 0 spiro atoms. The second kappa shape index (κ2) is 3.04. The van der Waals surface area contributed by atoms with Gasteiger partial charge in [-0.05, 0) is 13.0 Å². The number of nitrogens with zero attached hydrogens (tertiary/aromatic N) is 2. The summed E-state index contributed by atoms with van der Waals surface area (Å²) in [6, 6.07) is 0.857. The first-order valence-electron chi connectivity index (χ1n) is 3.30. The highest BCUT2D eigenvalue weighted by molar-refractivity contribution is 5.02. The first kappa shape index (κ1) is 8.89. The Kier molecular flexibility index (Phi) is 2.25. The lowest BCUT2D eigenvalue weighted by molar-refractivity contribution is -0.142. The fourth-order valence-electron chi connectivity index (χ4n) is 0.663. The normalized spacial score (nSPS) is 11.7. The van der Waals surface area contributed by atoms with Gasteiger partial charge >= 0.3 is 6.18 Å². The third-order valence-electron chi connectivity index (χ3n) is 1.12. The number of aromatic nitrogens is 2. The maximum atomic E-state index is 11.9. The minimum absolute atomic E-state index is 0.277. The van der Waals surface area contributed by atoms with Crippen LogP contribution in [0.1, 0.15) is 12.6 Å². The van der Waals surface area contributed by atoms with Crippen LogP contribution < -0.4 is 4.84 Å². The Hall–Kier alpha value is -1.20. The summed E-state index contributed by atoms with van der Waals surface area (Å²) in [5, 5.41) is 3.14. The van der Waals surface area contributed by atoms with E-state index in [1.807, 2.05) is 0 Å². The zero-order valence-electron chi connectivity index (χ0n) is 6.30. The molecule has 1 rings (SSSR count).